The van der Waals surface area contributed by atoms with Crippen LogP contribution < -0.4 is 10.1 Å². The molecule has 1 saturated heterocycles. The van der Waals surface area contributed by atoms with Crippen LogP contribution in [0.4, 0.5) is 0 Å². The zero-order valence-corrected chi connectivity index (χ0v) is 18.8. The molecule has 0 radical (unpaired) electrons. The maximum Gasteiger partial charge on any atom is 0.305 e. The van der Waals surface area contributed by atoms with Crippen molar-refractivity contribution in [2.45, 2.75) is 23.4 Å². The molecule has 29 heavy (non-hydrogen) atoms. The Morgan fingerprint density at radius 3 is 2.48 bits per heavy atom. The van der Waals surface area contributed by atoms with Crippen LogP contribution in [0.15, 0.2) is 29.2 Å². The lowest BCUT2D eigenvalue weighted by Gasteiger charge is -2.25. The van der Waals surface area contributed by atoms with E-state index in [1.54, 1.807) is 30.3 Å². The molecule has 1 aromatic rings. The summed E-state index contributed by atoms with van der Waals surface area (Å²) in [5.41, 5.74) is 0.682. The molecule has 2 amide bonds. The Bertz CT molecular complexity index is 856. The number of ether oxygens (including phenoxy) is 1. The molecule has 1 heterocycles. The molecule has 7 nitrogen and oxygen atoms in total. The molecular formula is C17H15Cl3N2O5S2. The number of rotatable bonds is 7. The van der Waals surface area contributed by atoms with Crippen molar-refractivity contribution in [2.24, 2.45) is 0 Å². The molecular weight excluding hydrogens is 483 g/mol. The molecule has 0 aromatic heterocycles. The van der Waals surface area contributed by atoms with Gasteiger partial charge in [-0.2, -0.15) is 0 Å². The molecule has 1 atom stereocenters. The molecule has 0 saturated carbocycles. The van der Waals surface area contributed by atoms with Gasteiger partial charge in [0.05, 0.1) is 11.3 Å². The van der Waals surface area contributed by atoms with Crippen molar-refractivity contribution < 1.29 is 24.2 Å². The van der Waals surface area contributed by atoms with Gasteiger partial charge in [-0.15, -0.1) is 0 Å². The molecule has 2 N–H and O–H groups in total. The molecule has 0 bridgehead atoms. The van der Waals surface area contributed by atoms with E-state index in [-0.39, 0.29) is 18.9 Å². The van der Waals surface area contributed by atoms with Crippen LogP contribution in [-0.2, 0) is 14.4 Å². The lowest BCUT2D eigenvalue weighted by atomic mass is 10.2. The first-order valence-electron chi connectivity index (χ1n) is 8.05. The van der Waals surface area contributed by atoms with Gasteiger partial charge in [0.15, 0.2) is 0 Å². The summed E-state index contributed by atoms with van der Waals surface area (Å²) in [6.07, 6.45) is 0.246. The number of halogens is 3. The van der Waals surface area contributed by atoms with E-state index in [1.807, 2.05) is 0 Å². The Morgan fingerprint density at radius 1 is 1.34 bits per heavy atom. The van der Waals surface area contributed by atoms with Crippen LogP contribution in [0.25, 0.3) is 6.08 Å². The van der Waals surface area contributed by atoms with Gasteiger partial charge in [0.1, 0.15) is 10.1 Å². The molecule has 1 aliphatic heterocycles. The van der Waals surface area contributed by atoms with Gasteiger partial charge in [-0.3, -0.25) is 19.3 Å². The maximum atomic E-state index is 12.4. The molecule has 12 heteroatoms. The normalized spacial score (nSPS) is 16.8. The highest BCUT2D eigenvalue weighted by Crippen LogP contribution is 2.34. The minimum Gasteiger partial charge on any atom is -0.481 e. The SMILES string of the molecule is CC(=O)N[C@H](Oc1ccc(/C=C2\SC(=S)N(CCC(=O)O)C2=O)cc1)C(Cl)(Cl)Cl. The number of thiocarbonyl (C=S) groups is 1. The summed E-state index contributed by atoms with van der Waals surface area (Å²) in [5, 5.41) is 11.2. The summed E-state index contributed by atoms with van der Waals surface area (Å²) in [7, 11) is 0. The summed E-state index contributed by atoms with van der Waals surface area (Å²) < 4.78 is 3.95. The van der Waals surface area contributed by atoms with Gasteiger partial charge in [0, 0.05) is 13.5 Å². The predicted molar refractivity (Wildman–Crippen MR) is 117 cm³/mol. The standard InChI is InChI=1S/C17H15Cl3N2O5S2/c1-9(23)21-15(17(18,19)20)27-11-4-2-10(3-5-11)8-12-14(26)22(16(28)29-12)7-6-13(24)25/h2-5,8,15H,6-7H2,1H3,(H,21,23)(H,24,25)/b12-8-/t15-/m1/s1. The Labute approximate surface area is 191 Å². The summed E-state index contributed by atoms with van der Waals surface area (Å²) in [5.74, 6) is -1.45. The number of carbonyl (C=O) groups excluding carboxylic acids is 2. The number of carboxylic acid groups (broad SMARTS) is 1. The van der Waals surface area contributed by atoms with E-state index in [9.17, 15) is 14.4 Å². The van der Waals surface area contributed by atoms with Crippen molar-refractivity contribution in [1.82, 2.24) is 10.2 Å². The molecule has 1 aromatic carbocycles. The van der Waals surface area contributed by atoms with Crippen molar-refractivity contribution in [2.75, 3.05) is 6.54 Å². The first kappa shape index (κ1) is 23.8. The minimum atomic E-state index is -1.88. The van der Waals surface area contributed by atoms with Crippen molar-refractivity contribution >= 4 is 87.0 Å². The number of hydrogen-bond donors (Lipinski definition) is 2. The average molecular weight is 498 g/mol. The Morgan fingerprint density at radius 2 is 1.97 bits per heavy atom. The quantitative estimate of drug-likeness (QED) is 0.257. The van der Waals surface area contributed by atoms with Crippen LogP contribution in [0.3, 0.4) is 0 Å². The van der Waals surface area contributed by atoms with Gasteiger partial charge in [0.25, 0.3) is 5.91 Å². The van der Waals surface area contributed by atoms with Crippen molar-refractivity contribution in [3.05, 3.63) is 34.7 Å². The number of carbonyl (C=O) groups is 3. The molecule has 0 spiro atoms. The number of benzene rings is 1. The van der Waals surface area contributed by atoms with E-state index in [4.69, 9.17) is 56.9 Å². The number of amides is 2. The third-order valence-electron chi connectivity index (χ3n) is 3.49. The molecule has 156 valence electrons. The van der Waals surface area contributed by atoms with E-state index in [0.717, 1.165) is 11.8 Å². The summed E-state index contributed by atoms with van der Waals surface area (Å²) in [4.78, 5) is 36.0. The minimum absolute atomic E-state index is 0.0195. The van der Waals surface area contributed by atoms with Gasteiger partial charge in [-0.05, 0) is 23.8 Å². The monoisotopic (exact) mass is 496 g/mol. The lowest BCUT2D eigenvalue weighted by molar-refractivity contribution is -0.137. The highest BCUT2D eigenvalue weighted by atomic mass is 35.6. The average Bonchev–Trinajstić information content (AvgIpc) is 2.86. The number of aliphatic carboxylic acids is 1. The fourth-order valence-corrected chi connectivity index (χ4v) is 3.80. The van der Waals surface area contributed by atoms with Gasteiger partial charge in [-0.1, -0.05) is 70.9 Å². The van der Waals surface area contributed by atoms with Gasteiger partial charge < -0.3 is 15.2 Å². The highest BCUT2D eigenvalue weighted by Gasteiger charge is 2.35. The summed E-state index contributed by atoms with van der Waals surface area (Å²) in [6.45, 7) is 1.29. The van der Waals surface area contributed by atoms with Gasteiger partial charge >= 0.3 is 5.97 Å². The summed E-state index contributed by atoms with van der Waals surface area (Å²) in [6, 6.07) is 6.51. The van der Waals surface area contributed by atoms with Gasteiger partial charge in [0.2, 0.25) is 15.9 Å². The molecule has 1 aliphatic rings. The van der Waals surface area contributed by atoms with Crippen LogP contribution in [0, 0.1) is 0 Å². The van der Waals surface area contributed by atoms with E-state index >= 15 is 0 Å². The van der Waals surface area contributed by atoms with Crippen molar-refractivity contribution in [3.63, 3.8) is 0 Å². The Balaban J connectivity index is 2.10. The molecule has 0 unspecified atom stereocenters. The van der Waals surface area contributed by atoms with Gasteiger partial charge in [-0.25, -0.2) is 0 Å². The smallest absolute Gasteiger partial charge is 0.305 e. The largest absolute Gasteiger partial charge is 0.481 e. The Hall–Kier alpha value is -1.52. The van der Waals surface area contributed by atoms with E-state index in [2.05, 4.69) is 5.32 Å². The van der Waals surface area contributed by atoms with E-state index < -0.39 is 21.9 Å². The number of carboxylic acids is 1. The Kier molecular flexibility index (Phi) is 8.18. The summed E-state index contributed by atoms with van der Waals surface area (Å²) >= 11 is 23.7. The fourth-order valence-electron chi connectivity index (χ4n) is 2.19. The maximum absolute atomic E-state index is 12.4. The second-order valence-electron chi connectivity index (χ2n) is 5.79. The lowest BCUT2D eigenvalue weighted by Crippen LogP contribution is -2.47. The zero-order chi connectivity index (χ0) is 21.8. The first-order valence-corrected chi connectivity index (χ1v) is 10.4. The molecule has 0 aliphatic carbocycles. The fraction of sp³-hybridized carbons (Fsp3) is 0.294. The second-order valence-corrected chi connectivity index (χ2v) is 9.83. The van der Waals surface area contributed by atoms with Crippen LogP contribution in [0.1, 0.15) is 18.9 Å². The third kappa shape index (κ3) is 7.04. The van der Waals surface area contributed by atoms with E-state index in [1.165, 1.54) is 11.8 Å². The van der Waals surface area contributed by atoms with Crippen molar-refractivity contribution in [1.29, 1.82) is 0 Å². The number of thioether (sulfide) groups is 1. The van der Waals surface area contributed by atoms with Crippen molar-refractivity contribution in [3.8, 4) is 5.75 Å². The number of nitrogens with zero attached hydrogens (tertiary/aromatic N) is 1. The second kappa shape index (κ2) is 9.99. The highest BCUT2D eigenvalue weighted by molar-refractivity contribution is 8.26. The number of alkyl halides is 3. The predicted octanol–water partition coefficient (Wildman–Crippen LogP) is 3.57. The molecule has 2 rings (SSSR count). The first-order chi connectivity index (χ1) is 13.5. The number of hydrogen-bond acceptors (Lipinski definition) is 6. The van der Waals surface area contributed by atoms with Crippen LogP contribution in [-0.4, -0.2) is 48.7 Å². The third-order valence-corrected chi connectivity index (χ3v) is 5.46. The van der Waals surface area contributed by atoms with E-state index in [0.29, 0.717) is 20.5 Å². The topological polar surface area (TPSA) is 95.9 Å². The van der Waals surface area contributed by atoms with Crippen LogP contribution in [0.5, 0.6) is 5.75 Å². The number of nitrogens with one attached hydrogen (secondary N) is 1. The molecule has 1 fully saturated rings. The van der Waals surface area contributed by atoms with Crippen LogP contribution >= 0.6 is 58.8 Å². The zero-order valence-electron chi connectivity index (χ0n) is 14.9. The van der Waals surface area contributed by atoms with Crippen LogP contribution in [0.2, 0.25) is 0 Å².